The van der Waals surface area contributed by atoms with Gasteiger partial charge in [0.15, 0.2) is 0 Å². The van der Waals surface area contributed by atoms with Gasteiger partial charge in [-0.3, -0.25) is 10.1 Å². The average molecular weight is 266 g/mol. The zero-order valence-corrected chi connectivity index (χ0v) is 13.0. The maximum atomic E-state index is 12.6. The molecule has 3 heteroatoms. The van der Waals surface area contributed by atoms with Gasteiger partial charge in [0.05, 0.1) is 12.2 Å². The van der Waals surface area contributed by atoms with Gasteiger partial charge in [0.2, 0.25) is 5.91 Å². The lowest BCUT2D eigenvalue weighted by Gasteiger charge is -2.32. The van der Waals surface area contributed by atoms with E-state index in [-0.39, 0.29) is 12.2 Å². The van der Waals surface area contributed by atoms with Gasteiger partial charge in [0, 0.05) is 6.04 Å². The third kappa shape index (κ3) is 2.81. The Morgan fingerprint density at radius 2 is 2.00 bits per heavy atom. The van der Waals surface area contributed by atoms with Crippen molar-refractivity contribution in [3.63, 3.8) is 0 Å². The molecule has 1 aliphatic carbocycles. The van der Waals surface area contributed by atoms with Crippen LogP contribution >= 0.6 is 0 Å². The van der Waals surface area contributed by atoms with Crippen molar-refractivity contribution >= 4 is 5.91 Å². The SMILES string of the molecule is CCCCC1NC(C)N(C2CCC(CC)C2C)C1=O. The molecule has 2 aliphatic rings. The van der Waals surface area contributed by atoms with Gasteiger partial charge in [-0.1, -0.05) is 40.0 Å². The quantitative estimate of drug-likeness (QED) is 0.829. The molecular weight excluding hydrogens is 236 g/mol. The molecule has 1 amide bonds. The minimum Gasteiger partial charge on any atom is -0.323 e. The maximum Gasteiger partial charge on any atom is 0.241 e. The van der Waals surface area contributed by atoms with Crippen LogP contribution in [0.1, 0.15) is 66.2 Å². The van der Waals surface area contributed by atoms with E-state index < -0.39 is 0 Å². The van der Waals surface area contributed by atoms with Crippen LogP contribution in [-0.4, -0.2) is 29.1 Å². The van der Waals surface area contributed by atoms with Crippen LogP contribution in [-0.2, 0) is 4.79 Å². The van der Waals surface area contributed by atoms with Crippen molar-refractivity contribution in [1.82, 2.24) is 10.2 Å². The lowest BCUT2D eigenvalue weighted by molar-refractivity contribution is -0.133. The number of unbranched alkanes of at least 4 members (excludes halogenated alkanes) is 1. The monoisotopic (exact) mass is 266 g/mol. The number of carbonyl (C=O) groups excluding carboxylic acids is 1. The van der Waals surface area contributed by atoms with Gasteiger partial charge < -0.3 is 4.90 Å². The minimum absolute atomic E-state index is 0.0721. The Hall–Kier alpha value is -0.570. The summed E-state index contributed by atoms with van der Waals surface area (Å²) < 4.78 is 0. The Kier molecular flexibility index (Phi) is 4.88. The predicted molar refractivity (Wildman–Crippen MR) is 78.7 cm³/mol. The van der Waals surface area contributed by atoms with Gasteiger partial charge in [0.25, 0.3) is 0 Å². The summed E-state index contributed by atoms with van der Waals surface area (Å²) in [5, 5.41) is 3.50. The molecule has 0 bridgehead atoms. The smallest absolute Gasteiger partial charge is 0.241 e. The lowest BCUT2D eigenvalue weighted by Crippen LogP contribution is -2.45. The first-order chi connectivity index (χ1) is 9.10. The van der Waals surface area contributed by atoms with Crippen molar-refractivity contribution in [1.29, 1.82) is 0 Å². The Morgan fingerprint density at radius 1 is 1.26 bits per heavy atom. The van der Waals surface area contributed by atoms with Crippen LogP contribution in [0.2, 0.25) is 0 Å². The van der Waals surface area contributed by atoms with E-state index in [4.69, 9.17) is 0 Å². The summed E-state index contributed by atoms with van der Waals surface area (Å²) in [5.74, 6) is 1.82. The van der Waals surface area contributed by atoms with E-state index in [1.54, 1.807) is 0 Å². The van der Waals surface area contributed by atoms with E-state index in [1.165, 1.54) is 19.3 Å². The van der Waals surface area contributed by atoms with Crippen LogP contribution in [0.15, 0.2) is 0 Å². The van der Waals surface area contributed by atoms with Crippen LogP contribution in [0.4, 0.5) is 0 Å². The Morgan fingerprint density at radius 3 is 2.58 bits per heavy atom. The second-order valence-corrected chi connectivity index (χ2v) is 6.46. The molecule has 1 N–H and O–H groups in total. The molecular formula is C16H30N2O. The molecule has 3 nitrogen and oxygen atoms in total. The minimum atomic E-state index is 0.0721. The summed E-state index contributed by atoms with van der Waals surface area (Å²) >= 11 is 0. The van der Waals surface area contributed by atoms with E-state index in [0.29, 0.717) is 17.9 Å². The number of hydrogen-bond donors (Lipinski definition) is 1. The molecule has 0 aromatic rings. The number of amides is 1. The predicted octanol–water partition coefficient (Wildman–Crippen LogP) is 3.15. The van der Waals surface area contributed by atoms with E-state index in [0.717, 1.165) is 25.2 Å². The molecule has 0 spiro atoms. The van der Waals surface area contributed by atoms with Crippen molar-refractivity contribution < 1.29 is 4.79 Å². The zero-order valence-electron chi connectivity index (χ0n) is 13.0. The van der Waals surface area contributed by atoms with Gasteiger partial charge >= 0.3 is 0 Å². The average Bonchev–Trinajstić information content (AvgIpc) is 2.88. The highest BCUT2D eigenvalue weighted by Gasteiger charge is 2.45. The summed E-state index contributed by atoms with van der Waals surface area (Å²) in [6.07, 6.45) is 7.25. The van der Waals surface area contributed by atoms with Crippen molar-refractivity contribution in [3.8, 4) is 0 Å². The van der Waals surface area contributed by atoms with E-state index in [9.17, 15) is 4.79 Å². The molecule has 1 aliphatic heterocycles. The molecule has 1 saturated heterocycles. The number of hydrogen-bond acceptors (Lipinski definition) is 2. The van der Waals surface area contributed by atoms with E-state index >= 15 is 0 Å². The fourth-order valence-corrected chi connectivity index (χ4v) is 4.07. The zero-order chi connectivity index (χ0) is 14.0. The maximum absolute atomic E-state index is 12.6. The molecule has 2 rings (SSSR count). The topological polar surface area (TPSA) is 32.3 Å². The third-order valence-electron chi connectivity index (χ3n) is 5.32. The van der Waals surface area contributed by atoms with E-state index in [1.807, 2.05) is 0 Å². The van der Waals surface area contributed by atoms with Crippen LogP contribution in [0.25, 0.3) is 0 Å². The lowest BCUT2D eigenvalue weighted by atomic mass is 9.92. The number of carbonyl (C=O) groups is 1. The molecule has 5 atom stereocenters. The molecule has 1 saturated carbocycles. The molecule has 0 radical (unpaired) electrons. The van der Waals surface area contributed by atoms with Crippen LogP contribution in [0.5, 0.6) is 0 Å². The van der Waals surface area contributed by atoms with Gasteiger partial charge in [-0.05, 0) is 38.0 Å². The summed E-state index contributed by atoms with van der Waals surface area (Å²) in [7, 11) is 0. The summed E-state index contributed by atoms with van der Waals surface area (Å²) in [4.78, 5) is 14.8. The molecule has 110 valence electrons. The van der Waals surface area contributed by atoms with Crippen molar-refractivity contribution in [2.45, 2.75) is 84.5 Å². The molecule has 5 unspecified atom stereocenters. The molecule has 0 aromatic carbocycles. The molecule has 1 heterocycles. The van der Waals surface area contributed by atoms with Gasteiger partial charge in [-0.15, -0.1) is 0 Å². The second kappa shape index (κ2) is 6.25. The second-order valence-electron chi connectivity index (χ2n) is 6.46. The molecule has 0 aromatic heterocycles. The summed E-state index contributed by atoms with van der Waals surface area (Å²) in [5.41, 5.74) is 0. The van der Waals surface area contributed by atoms with Gasteiger partial charge in [-0.25, -0.2) is 0 Å². The number of nitrogens with one attached hydrogen (secondary N) is 1. The van der Waals surface area contributed by atoms with Gasteiger partial charge in [0.1, 0.15) is 0 Å². The van der Waals surface area contributed by atoms with Crippen molar-refractivity contribution in [2.24, 2.45) is 11.8 Å². The fraction of sp³-hybridized carbons (Fsp3) is 0.938. The Bertz CT molecular complexity index is 318. The molecule has 2 fully saturated rings. The number of rotatable bonds is 5. The first-order valence-electron chi connectivity index (χ1n) is 8.18. The third-order valence-corrected chi connectivity index (χ3v) is 5.32. The largest absolute Gasteiger partial charge is 0.323 e. The highest BCUT2D eigenvalue weighted by Crippen LogP contribution is 2.38. The van der Waals surface area contributed by atoms with Crippen LogP contribution < -0.4 is 5.32 Å². The van der Waals surface area contributed by atoms with Crippen molar-refractivity contribution in [2.75, 3.05) is 0 Å². The first-order valence-corrected chi connectivity index (χ1v) is 8.18. The summed E-state index contributed by atoms with van der Waals surface area (Å²) in [6, 6.07) is 0.536. The Labute approximate surface area is 118 Å². The fourth-order valence-electron chi connectivity index (χ4n) is 4.07. The number of nitrogens with zero attached hydrogens (tertiary/aromatic N) is 1. The normalized spacial score (nSPS) is 39.3. The van der Waals surface area contributed by atoms with Crippen molar-refractivity contribution in [3.05, 3.63) is 0 Å². The van der Waals surface area contributed by atoms with Gasteiger partial charge in [-0.2, -0.15) is 0 Å². The van der Waals surface area contributed by atoms with Crippen LogP contribution in [0, 0.1) is 11.8 Å². The first kappa shape index (κ1) is 14.8. The highest BCUT2D eigenvalue weighted by molar-refractivity contribution is 5.84. The van der Waals surface area contributed by atoms with E-state index in [2.05, 4.69) is 37.9 Å². The Balaban J connectivity index is 2.02. The highest BCUT2D eigenvalue weighted by atomic mass is 16.2. The summed E-state index contributed by atoms with van der Waals surface area (Å²) in [6.45, 7) is 8.95. The standard InChI is InChI=1S/C16H30N2O/c1-5-7-8-14-16(19)18(12(4)17-14)15-10-9-13(6-2)11(15)3/h11-15,17H,5-10H2,1-4H3. The molecule has 19 heavy (non-hydrogen) atoms. The van der Waals surface area contributed by atoms with Crippen LogP contribution in [0.3, 0.4) is 0 Å².